The number of hydrogen-bond donors (Lipinski definition) is 2. The Morgan fingerprint density at radius 3 is 2.77 bits per heavy atom. The smallest absolute Gasteiger partial charge is 0.263 e. The number of carbonyl (C=O) groups is 1. The second kappa shape index (κ2) is 8.47. The number of H-pyrrole nitrogens is 1. The summed E-state index contributed by atoms with van der Waals surface area (Å²) in [5.41, 5.74) is 3.31. The molecule has 0 unspecified atom stereocenters. The van der Waals surface area contributed by atoms with Crippen LogP contribution < -0.4 is 10.9 Å². The van der Waals surface area contributed by atoms with Gasteiger partial charge in [0.15, 0.2) is 0 Å². The first-order chi connectivity index (χ1) is 15.2. The second-order valence-electron chi connectivity index (χ2n) is 8.52. The fraction of sp³-hybridized carbons (Fsp3) is 0.391. The number of aromatic amines is 1. The quantitative estimate of drug-likeness (QED) is 0.633. The number of fused-ring (bicyclic) bond motifs is 4. The number of hydrogen-bond acceptors (Lipinski definition) is 5. The van der Waals surface area contributed by atoms with Gasteiger partial charge in [-0.3, -0.25) is 24.6 Å². The van der Waals surface area contributed by atoms with E-state index in [9.17, 15) is 9.59 Å². The van der Waals surface area contributed by atoms with Gasteiger partial charge in [-0.05, 0) is 54.7 Å². The van der Waals surface area contributed by atoms with Crippen LogP contribution in [-0.4, -0.2) is 50.2 Å². The number of piperidine rings is 1. The van der Waals surface area contributed by atoms with Gasteiger partial charge < -0.3 is 9.88 Å². The Labute approximate surface area is 180 Å². The maximum Gasteiger partial charge on any atom is 0.263 e. The van der Waals surface area contributed by atoms with E-state index in [0.29, 0.717) is 31.3 Å². The summed E-state index contributed by atoms with van der Waals surface area (Å²) >= 11 is 0. The van der Waals surface area contributed by atoms with Crippen molar-refractivity contribution >= 4 is 5.91 Å². The third kappa shape index (κ3) is 4.16. The number of amides is 1. The molecule has 0 spiro atoms. The van der Waals surface area contributed by atoms with Gasteiger partial charge in [0.2, 0.25) is 0 Å². The maximum absolute atomic E-state index is 13.1. The van der Waals surface area contributed by atoms with Gasteiger partial charge in [0.05, 0.1) is 0 Å². The van der Waals surface area contributed by atoms with E-state index in [-0.39, 0.29) is 17.0 Å². The Hall–Kier alpha value is -3.26. The molecule has 8 nitrogen and oxygen atoms in total. The first kappa shape index (κ1) is 19.7. The molecule has 0 aromatic carbocycles. The molecule has 2 bridgehead atoms. The highest BCUT2D eigenvalue weighted by Crippen LogP contribution is 2.35. The molecule has 5 rings (SSSR count). The van der Waals surface area contributed by atoms with E-state index < -0.39 is 0 Å². The molecule has 8 heteroatoms. The Balaban J connectivity index is 1.28. The van der Waals surface area contributed by atoms with Gasteiger partial charge in [0.1, 0.15) is 5.56 Å². The van der Waals surface area contributed by atoms with Crippen LogP contribution in [0, 0.1) is 5.92 Å². The van der Waals surface area contributed by atoms with Crippen LogP contribution in [0.1, 0.15) is 39.6 Å². The number of likely N-dealkylation sites (tertiary alicyclic amines) is 1. The zero-order chi connectivity index (χ0) is 21.2. The molecule has 1 amide bonds. The third-order valence-corrected chi connectivity index (χ3v) is 6.33. The summed E-state index contributed by atoms with van der Waals surface area (Å²) < 4.78 is 1.84. The van der Waals surface area contributed by atoms with Gasteiger partial charge in [0.25, 0.3) is 11.5 Å². The Morgan fingerprint density at radius 1 is 1.10 bits per heavy atom. The second-order valence-corrected chi connectivity index (χ2v) is 8.52. The van der Waals surface area contributed by atoms with Gasteiger partial charge in [-0.15, -0.1) is 0 Å². The number of nitrogens with one attached hydrogen (secondary N) is 2. The molecule has 31 heavy (non-hydrogen) atoms. The molecule has 2 atom stereocenters. The molecule has 2 N–H and O–H groups in total. The van der Waals surface area contributed by atoms with Crippen LogP contribution in [0.2, 0.25) is 0 Å². The minimum Gasteiger partial charge on any atom is -0.352 e. The molecule has 2 aliphatic heterocycles. The molecule has 3 aromatic heterocycles. The van der Waals surface area contributed by atoms with Crippen molar-refractivity contribution in [3.63, 3.8) is 0 Å². The van der Waals surface area contributed by atoms with Crippen molar-refractivity contribution in [3.05, 3.63) is 81.8 Å². The van der Waals surface area contributed by atoms with Gasteiger partial charge in [0, 0.05) is 68.6 Å². The lowest BCUT2D eigenvalue weighted by atomic mass is 9.83. The third-order valence-electron chi connectivity index (χ3n) is 6.33. The number of aromatic nitrogens is 4. The number of carbonyl (C=O) groups excluding carboxylic acids is 1. The Kier molecular flexibility index (Phi) is 5.38. The van der Waals surface area contributed by atoms with Gasteiger partial charge in [-0.2, -0.15) is 5.10 Å². The van der Waals surface area contributed by atoms with E-state index in [1.807, 2.05) is 28.8 Å². The van der Waals surface area contributed by atoms with Crippen LogP contribution in [0.15, 0.2) is 53.7 Å². The van der Waals surface area contributed by atoms with E-state index in [1.165, 1.54) is 0 Å². The van der Waals surface area contributed by atoms with Crippen molar-refractivity contribution in [2.75, 3.05) is 19.6 Å². The van der Waals surface area contributed by atoms with Crippen LogP contribution in [0.4, 0.5) is 0 Å². The maximum atomic E-state index is 13.1. The van der Waals surface area contributed by atoms with Crippen LogP contribution in [-0.2, 0) is 19.5 Å². The van der Waals surface area contributed by atoms with Crippen molar-refractivity contribution in [1.29, 1.82) is 0 Å². The summed E-state index contributed by atoms with van der Waals surface area (Å²) in [7, 11) is 0. The Bertz CT molecular complexity index is 1110. The lowest BCUT2D eigenvalue weighted by Crippen LogP contribution is -2.47. The van der Waals surface area contributed by atoms with E-state index in [0.717, 1.165) is 43.0 Å². The molecule has 0 saturated carbocycles. The van der Waals surface area contributed by atoms with E-state index in [2.05, 4.69) is 25.4 Å². The summed E-state index contributed by atoms with van der Waals surface area (Å²) in [6.07, 6.45) is 7.05. The van der Waals surface area contributed by atoms with Crippen molar-refractivity contribution < 1.29 is 4.79 Å². The predicted molar refractivity (Wildman–Crippen MR) is 116 cm³/mol. The van der Waals surface area contributed by atoms with Crippen LogP contribution in [0.5, 0.6) is 0 Å². The molecular weight excluding hydrogens is 392 g/mol. The van der Waals surface area contributed by atoms with Crippen molar-refractivity contribution in [1.82, 2.24) is 30.0 Å². The lowest BCUT2D eigenvalue weighted by Gasteiger charge is -2.42. The topological polar surface area (TPSA) is 95.9 Å². The highest BCUT2D eigenvalue weighted by atomic mass is 16.2. The minimum absolute atomic E-state index is 0.171. The standard InChI is InChI=1S/C23H26N6O2/c30-22(25-9-5-16-3-7-24-8-4-16)20-1-2-21-18-11-17(13-29(21)23(20)31)12-28(14-18)15-19-6-10-26-27-19/h1-4,6-8,10,17-18H,5,9,11-15H2,(H,25,30)(H,26,27)/t17-,18+/m0/s1. The van der Waals surface area contributed by atoms with E-state index in [4.69, 9.17) is 0 Å². The van der Waals surface area contributed by atoms with Crippen molar-refractivity contribution in [2.24, 2.45) is 5.92 Å². The molecule has 160 valence electrons. The Morgan fingerprint density at radius 2 is 1.97 bits per heavy atom. The summed E-state index contributed by atoms with van der Waals surface area (Å²) in [6.45, 7) is 3.85. The summed E-state index contributed by atoms with van der Waals surface area (Å²) in [5.74, 6) is 0.426. The SMILES string of the molecule is O=C(NCCc1ccncc1)c1ccc2n(c1=O)C[C@H]1C[C@@H]2CN(Cc2ccn[nH]2)C1. The van der Waals surface area contributed by atoms with Gasteiger partial charge in [-0.25, -0.2) is 0 Å². The highest BCUT2D eigenvalue weighted by molar-refractivity contribution is 5.93. The fourth-order valence-electron chi connectivity index (χ4n) is 4.93. The zero-order valence-corrected chi connectivity index (χ0v) is 17.3. The minimum atomic E-state index is -0.300. The molecule has 2 aliphatic rings. The van der Waals surface area contributed by atoms with E-state index in [1.54, 1.807) is 24.7 Å². The summed E-state index contributed by atoms with van der Waals surface area (Å²) in [5, 5.41) is 9.95. The molecule has 5 heterocycles. The van der Waals surface area contributed by atoms with Crippen molar-refractivity contribution in [2.45, 2.75) is 31.8 Å². The largest absolute Gasteiger partial charge is 0.352 e. The molecule has 0 aliphatic carbocycles. The fourth-order valence-corrected chi connectivity index (χ4v) is 4.93. The van der Waals surface area contributed by atoms with Gasteiger partial charge in [-0.1, -0.05) is 0 Å². The number of rotatable bonds is 6. The van der Waals surface area contributed by atoms with Crippen LogP contribution in [0.25, 0.3) is 0 Å². The van der Waals surface area contributed by atoms with E-state index >= 15 is 0 Å². The average molecular weight is 419 g/mol. The zero-order valence-electron chi connectivity index (χ0n) is 17.3. The number of nitrogens with zero attached hydrogens (tertiary/aromatic N) is 4. The summed E-state index contributed by atoms with van der Waals surface area (Å²) in [4.78, 5) is 32.2. The average Bonchev–Trinajstić information content (AvgIpc) is 3.28. The highest BCUT2D eigenvalue weighted by Gasteiger charge is 2.35. The monoisotopic (exact) mass is 418 g/mol. The van der Waals surface area contributed by atoms with Crippen LogP contribution >= 0.6 is 0 Å². The van der Waals surface area contributed by atoms with Crippen LogP contribution in [0.3, 0.4) is 0 Å². The predicted octanol–water partition coefficient (Wildman–Crippen LogP) is 1.56. The molecular formula is C23H26N6O2. The first-order valence-electron chi connectivity index (χ1n) is 10.8. The lowest BCUT2D eigenvalue weighted by molar-refractivity contribution is 0.0946. The normalized spacial score (nSPS) is 20.3. The first-order valence-corrected chi connectivity index (χ1v) is 10.8. The molecule has 3 aromatic rings. The van der Waals surface area contributed by atoms with Crippen molar-refractivity contribution in [3.8, 4) is 0 Å². The summed E-state index contributed by atoms with van der Waals surface area (Å²) in [6, 6.07) is 9.52. The van der Waals surface area contributed by atoms with Gasteiger partial charge >= 0.3 is 0 Å². The molecule has 1 fully saturated rings. The molecule has 1 saturated heterocycles. The molecule has 0 radical (unpaired) electrons. The number of pyridine rings is 2.